The molecule has 2 heteroatoms. The summed E-state index contributed by atoms with van der Waals surface area (Å²) < 4.78 is 4.79. The molecule has 0 aliphatic carbocycles. The SMILES string of the molecule is c1cc(-c2cccc3cc4c(-c5cccc(-n6c7ccccc7c7ccccc76)c5)cccc4cc23)cc(-n2c3ccccc3c3ccccc32)c1. The molecule has 11 rings (SSSR count). The van der Waals surface area contributed by atoms with E-state index < -0.39 is 0 Å². The summed E-state index contributed by atoms with van der Waals surface area (Å²) in [6.07, 6.45) is 0. The van der Waals surface area contributed by atoms with Gasteiger partial charge >= 0.3 is 0 Å². The van der Waals surface area contributed by atoms with E-state index in [1.54, 1.807) is 0 Å². The van der Waals surface area contributed by atoms with Crippen LogP contribution in [-0.2, 0) is 0 Å². The fraction of sp³-hybridized carbons (Fsp3) is 0. The molecule has 2 aromatic heterocycles. The maximum Gasteiger partial charge on any atom is 0.0541 e. The zero-order valence-electron chi connectivity index (χ0n) is 28.4. The zero-order chi connectivity index (χ0) is 34.2. The van der Waals surface area contributed by atoms with Crippen LogP contribution in [0.3, 0.4) is 0 Å². The molecule has 242 valence electrons. The summed E-state index contributed by atoms with van der Waals surface area (Å²) in [5.41, 5.74) is 12.1. The Morgan fingerprint density at radius 3 is 0.981 bits per heavy atom. The third-order valence-corrected chi connectivity index (χ3v) is 10.9. The average Bonchev–Trinajstić information content (AvgIpc) is 3.73. The first kappa shape index (κ1) is 28.9. The maximum atomic E-state index is 2.40. The summed E-state index contributed by atoms with van der Waals surface area (Å²) in [5, 5.41) is 10.1. The van der Waals surface area contributed by atoms with Gasteiger partial charge in [0, 0.05) is 32.9 Å². The quantitative estimate of drug-likeness (QED) is 0.166. The average molecular weight is 661 g/mol. The van der Waals surface area contributed by atoms with E-state index in [1.807, 2.05) is 0 Å². The van der Waals surface area contributed by atoms with Crippen LogP contribution in [0.15, 0.2) is 194 Å². The van der Waals surface area contributed by atoms with Crippen molar-refractivity contribution in [1.82, 2.24) is 9.13 Å². The van der Waals surface area contributed by atoms with E-state index >= 15 is 0 Å². The minimum absolute atomic E-state index is 1.16. The number of rotatable bonds is 4. The van der Waals surface area contributed by atoms with Crippen LogP contribution in [0, 0.1) is 0 Å². The van der Waals surface area contributed by atoms with E-state index in [-0.39, 0.29) is 0 Å². The van der Waals surface area contributed by atoms with E-state index in [9.17, 15) is 0 Å². The van der Waals surface area contributed by atoms with E-state index in [0.29, 0.717) is 0 Å². The molecule has 0 radical (unpaired) electrons. The van der Waals surface area contributed by atoms with Gasteiger partial charge in [-0.3, -0.25) is 0 Å². The lowest BCUT2D eigenvalue weighted by atomic mass is 9.92. The minimum Gasteiger partial charge on any atom is -0.309 e. The highest BCUT2D eigenvalue weighted by molar-refractivity contribution is 6.12. The lowest BCUT2D eigenvalue weighted by Crippen LogP contribution is -1.94. The third kappa shape index (κ3) is 4.31. The predicted octanol–water partition coefficient (Wildman–Crippen LogP) is 13.5. The Bertz CT molecular complexity index is 2870. The Hall–Kier alpha value is -6.90. The van der Waals surface area contributed by atoms with Gasteiger partial charge in [0.25, 0.3) is 0 Å². The Morgan fingerprint density at radius 2 is 0.596 bits per heavy atom. The van der Waals surface area contributed by atoms with Gasteiger partial charge in [0.2, 0.25) is 0 Å². The lowest BCUT2D eigenvalue weighted by molar-refractivity contribution is 1.18. The number of aromatic nitrogens is 2. The molecular formula is C50H32N2. The van der Waals surface area contributed by atoms with Gasteiger partial charge in [0.05, 0.1) is 22.1 Å². The first-order valence-corrected chi connectivity index (χ1v) is 17.9. The molecule has 0 aliphatic rings. The second-order valence-electron chi connectivity index (χ2n) is 13.7. The van der Waals surface area contributed by atoms with Crippen LogP contribution in [0.2, 0.25) is 0 Å². The second-order valence-corrected chi connectivity index (χ2v) is 13.7. The van der Waals surface area contributed by atoms with Crippen LogP contribution < -0.4 is 0 Å². The van der Waals surface area contributed by atoms with Crippen molar-refractivity contribution in [3.05, 3.63) is 194 Å². The number of hydrogen-bond donors (Lipinski definition) is 0. The summed E-state index contributed by atoms with van der Waals surface area (Å²) in [6, 6.07) is 71.0. The minimum atomic E-state index is 1.16. The zero-order valence-corrected chi connectivity index (χ0v) is 28.4. The molecule has 2 heterocycles. The van der Waals surface area contributed by atoms with Crippen LogP contribution in [0.1, 0.15) is 0 Å². The van der Waals surface area contributed by atoms with Gasteiger partial charge in [-0.1, -0.05) is 133 Å². The van der Waals surface area contributed by atoms with Crippen LogP contribution in [0.25, 0.3) is 98.8 Å². The monoisotopic (exact) mass is 660 g/mol. The number of benzene rings is 9. The Kier molecular flexibility index (Phi) is 6.28. The predicted molar refractivity (Wildman–Crippen MR) is 221 cm³/mol. The molecule has 0 aliphatic heterocycles. The summed E-state index contributed by atoms with van der Waals surface area (Å²) in [7, 11) is 0. The fourth-order valence-electron chi connectivity index (χ4n) is 8.58. The fourth-order valence-corrected chi connectivity index (χ4v) is 8.58. The topological polar surface area (TPSA) is 9.86 Å². The number of hydrogen-bond acceptors (Lipinski definition) is 0. The van der Waals surface area contributed by atoms with Gasteiger partial charge in [0.15, 0.2) is 0 Å². The second kappa shape index (κ2) is 11.3. The van der Waals surface area contributed by atoms with Crippen molar-refractivity contribution in [2.45, 2.75) is 0 Å². The highest BCUT2D eigenvalue weighted by atomic mass is 15.0. The first-order valence-electron chi connectivity index (χ1n) is 17.9. The summed E-state index contributed by atoms with van der Waals surface area (Å²) >= 11 is 0. The van der Waals surface area contributed by atoms with Crippen LogP contribution in [-0.4, -0.2) is 9.13 Å². The maximum absolute atomic E-state index is 2.40. The highest BCUT2D eigenvalue weighted by Crippen LogP contribution is 2.39. The van der Waals surface area contributed by atoms with E-state index in [2.05, 4.69) is 203 Å². The van der Waals surface area contributed by atoms with Crippen LogP contribution in [0.4, 0.5) is 0 Å². The van der Waals surface area contributed by atoms with Crippen molar-refractivity contribution >= 4 is 65.2 Å². The summed E-state index contributed by atoms with van der Waals surface area (Å²) in [6.45, 7) is 0. The van der Waals surface area contributed by atoms with E-state index in [0.717, 1.165) is 11.4 Å². The number of fused-ring (bicyclic) bond motifs is 8. The molecule has 0 N–H and O–H groups in total. The lowest BCUT2D eigenvalue weighted by Gasteiger charge is -2.14. The van der Waals surface area contributed by atoms with Gasteiger partial charge in [-0.15, -0.1) is 0 Å². The molecule has 11 aromatic rings. The normalized spacial score (nSPS) is 11.8. The molecule has 0 saturated heterocycles. The van der Waals surface area contributed by atoms with Crippen molar-refractivity contribution < 1.29 is 0 Å². The van der Waals surface area contributed by atoms with Crippen molar-refractivity contribution in [1.29, 1.82) is 0 Å². The Morgan fingerprint density at radius 1 is 0.250 bits per heavy atom. The molecule has 0 spiro atoms. The Labute approximate surface area is 301 Å². The molecule has 0 unspecified atom stereocenters. The van der Waals surface area contributed by atoms with Gasteiger partial charge in [-0.25, -0.2) is 0 Å². The highest BCUT2D eigenvalue weighted by Gasteiger charge is 2.15. The number of para-hydroxylation sites is 4. The van der Waals surface area contributed by atoms with Gasteiger partial charge in [-0.05, 0) is 104 Å². The first-order chi connectivity index (χ1) is 25.8. The largest absolute Gasteiger partial charge is 0.309 e. The van der Waals surface area contributed by atoms with Crippen molar-refractivity contribution in [2.75, 3.05) is 0 Å². The molecule has 9 aromatic carbocycles. The molecule has 2 nitrogen and oxygen atoms in total. The van der Waals surface area contributed by atoms with Gasteiger partial charge < -0.3 is 9.13 Å². The molecule has 0 saturated carbocycles. The third-order valence-electron chi connectivity index (χ3n) is 10.9. The molecule has 0 amide bonds. The van der Waals surface area contributed by atoms with Gasteiger partial charge in [-0.2, -0.15) is 0 Å². The van der Waals surface area contributed by atoms with Crippen molar-refractivity contribution in [3.63, 3.8) is 0 Å². The van der Waals surface area contributed by atoms with Crippen molar-refractivity contribution in [3.8, 4) is 33.6 Å². The van der Waals surface area contributed by atoms with Crippen molar-refractivity contribution in [2.24, 2.45) is 0 Å². The molecular weight excluding hydrogens is 629 g/mol. The molecule has 0 fully saturated rings. The smallest absolute Gasteiger partial charge is 0.0541 e. The number of nitrogens with zero attached hydrogens (tertiary/aromatic N) is 2. The van der Waals surface area contributed by atoms with Crippen LogP contribution >= 0.6 is 0 Å². The van der Waals surface area contributed by atoms with Crippen LogP contribution in [0.5, 0.6) is 0 Å². The Balaban J connectivity index is 1.05. The van der Waals surface area contributed by atoms with Gasteiger partial charge in [0.1, 0.15) is 0 Å². The molecule has 0 bridgehead atoms. The summed E-state index contributed by atoms with van der Waals surface area (Å²) in [5.74, 6) is 0. The standard InChI is InChI=1S/C50H32N2/c1-5-25-47-41(19-1)42-20-2-6-26-48(42)51(47)37-17-9-13-33(29-37)39-23-11-15-35-32-46-36(31-45(35)39)16-12-24-40(46)34-14-10-18-38(30-34)52-49-27-7-3-21-43(49)44-22-4-8-28-50(44)52/h1-32H. The van der Waals surface area contributed by atoms with E-state index in [1.165, 1.54) is 87.4 Å². The molecule has 52 heavy (non-hydrogen) atoms. The van der Waals surface area contributed by atoms with E-state index in [4.69, 9.17) is 0 Å². The summed E-state index contributed by atoms with van der Waals surface area (Å²) in [4.78, 5) is 0. The molecule has 0 atom stereocenters.